The summed E-state index contributed by atoms with van der Waals surface area (Å²) < 4.78 is 10.5. The number of carboxylic acids is 1. The van der Waals surface area contributed by atoms with Crippen LogP contribution >= 0.6 is 11.6 Å². The minimum Gasteiger partial charge on any atom is -0.493 e. The number of hydrogen-bond donors (Lipinski definition) is 1. The van der Waals surface area contributed by atoms with Crippen LogP contribution in [-0.4, -0.2) is 25.3 Å². The molecule has 5 heteroatoms. The summed E-state index contributed by atoms with van der Waals surface area (Å²) in [6.45, 7) is 1.82. The lowest BCUT2D eigenvalue weighted by molar-refractivity contribution is -0.136. The number of aryl methyl sites for hydroxylation is 1. The highest BCUT2D eigenvalue weighted by atomic mass is 35.5. The van der Waals surface area contributed by atoms with Crippen molar-refractivity contribution in [2.45, 2.75) is 19.8 Å². The van der Waals surface area contributed by atoms with Gasteiger partial charge in [0, 0.05) is 22.6 Å². The van der Waals surface area contributed by atoms with Gasteiger partial charge < -0.3 is 14.6 Å². The normalized spacial score (nSPS) is 10.1. The Morgan fingerprint density at radius 1 is 1.35 bits per heavy atom. The van der Waals surface area contributed by atoms with Crippen molar-refractivity contribution in [1.82, 2.24) is 0 Å². The number of carboxylic acid groups (broad SMARTS) is 1. The number of benzene rings is 1. The standard InChI is InChI=1S/C12H15ClO4/c1-7-9(13)6-8(4-5-10(14)15)12(17-3)11(7)16-2/h6H,4-5H2,1-3H3,(H,14,15). The summed E-state index contributed by atoms with van der Waals surface area (Å²) in [4.78, 5) is 10.6. The maximum atomic E-state index is 10.6. The van der Waals surface area contributed by atoms with Gasteiger partial charge in [-0.05, 0) is 19.4 Å². The van der Waals surface area contributed by atoms with Crippen LogP contribution in [-0.2, 0) is 11.2 Å². The molecule has 0 fully saturated rings. The lowest BCUT2D eigenvalue weighted by Gasteiger charge is -2.15. The second-order valence-corrected chi connectivity index (χ2v) is 4.01. The monoisotopic (exact) mass is 258 g/mol. The van der Waals surface area contributed by atoms with Gasteiger partial charge in [0.1, 0.15) is 0 Å². The molecule has 0 bridgehead atoms. The van der Waals surface area contributed by atoms with E-state index in [1.165, 1.54) is 14.2 Å². The molecule has 0 radical (unpaired) electrons. The van der Waals surface area contributed by atoms with E-state index < -0.39 is 5.97 Å². The zero-order valence-electron chi connectivity index (χ0n) is 10.0. The first kappa shape index (κ1) is 13.6. The van der Waals surface area contributed by atoms with Crippen LogP contribution in [0.15, 0.2) is 6.07 Å². The van der Waals surface area contributed by atoms with E-state index in [1.807, 2.05) is 6.92 Å². The molecule has 17 heavy (non-hydrogen) atoms. The number of halogens is 1. The van der Waals surface area contributed by atoms with Crippen LogP contribution in [0.4, 0.5) is 0 Å². The second kappa shape index (κ2) is 5.77. The molecule has 0 saturated carbocycles. The highest BCUT2D eigenvalue weighted by Crippen LogP contribution is 2.39. The molecule has 0 unspecified atom stereocenters. The lowest BCUT2D eigenvalue weighted by atomic mass is 10.0. The van der Waals surface area contributed by atoms with Gasteiger partial charge in [0.2, 0.25) is 0 Å². The molecule has 0 aliphatic carbocycles. The van der Waals surface area contributed by atoms with Crippen LogP contribution in [0.2, 0.25) is 5.02 Å². The van der Waals surface area contributed by atoms with Crippen LogP contribution in [0.25, 0.3) is 0 Å². The van der Waals surface area contributed by atoms with Crippen molar-refractivity contribution in [2.75, 3.05) is 14.2 Å². The molecule has 1 aromatic carbocycles. The number of ether oxygens (including phenoxy) is 2. The third-order valence-electron chi connectivity index (χ3n) is 2.51. The Morgan fingerprint density at radius 3 is 2.41 bits per heavy atom. The van der Waals surface area contributed by atoms with Crippen LogP contribution in [0.3, 0.4) is 0 Å². The number of aliphatic carboxylic acids is 1. The largest absolute Gasteiger partial charge is 0.493 e. The fourth-order valence-corrected chi connectivity index (χ4v) is 1.87. The van der Waals surface area contributed by atoms with Gasteiger partial charge in [0.15, 0.2) is 11.5 Å². The summed E-state index contributed by atoms with van der Waals surface area (Å²) >= 11 is 6.06. The van der Waals surface area contributed by atoms with Crippen molar-refractivity contribution in [3.63, 3.8) is 0 Å². The third-order valence-corrected chi connectivity index (χ3v) is 2.91. The van der Waals surface area contributed by atoms with Crippen molar-refractivity contribution < 1.29 is 19.4 Å². The molecule has 0 heterocycles. The Bertz CT molecular complexity index is 429. The van der Waals surface area contributed by atoms with E-state index >= 15 is 0 Å². The molecule has 0 amide bonds. The van der Waals surface area contributed by atoms with E-state index in [0.717, 1.165) is 11.1 Å². The van der Waals surface area contributed by atoms with Crippen molar-refractivity contribution >= 4 is 17.6 Å². The summed E-state index contributed by atoms with van der Waals surface area (Å²) in [6, 6.07) is 1.72. The molecule has 0 atom stereocenters. The molecule has 0 spiro atoms. The molecule has 0 saturated heterocycles. The maximum Gasteiger partial charge on any atom is 0.303 e. The molecular weight excluding hydrogens is 244 g/mol. The predicted octanol–water partition coefficient (Wildman–Crippen LogP) is 2.68. The van der Waals surface area contributed by atoms with E-state index in [2.05, 4.69) is 0 Å². The van der Waals surface area contributed by atoms with Gasteiger partial charge in [-0.3, -0.25) is 4.79 Å². The smallest absolute Gasteiger partial charge is 0.303 e. The summed E-state index contributed by atoms with van der Waals surface area (Å²) in [5.41, 5.74) is 1.52. The highest BCUT2D eigenvalue weighted by molar-refractivity contribution is 6.31. The Morgan fingerprint density at radius 2 is 1.94 bits per heavy atom. The van der Waals surface area contributed by atoms with E-state index in [4.69, 9.17) is 26.2 Å². The summed E-state index contributed by atoms with van der Waals surface area (Å²) in [5, 5.41) is 9.23. The molecule has 1 N–H and O–H groups in total. The number of hydrogen-bond acceptors (Lipinski definition) is 3. The number of rotatable bonds is 5. The van der Waals surface area contributed by atoms with Crippen LogP contribution < -0.4 is 9.47 Å². The Balaban J connectivity index is 3.19. The fraction of sp³-hybridized carbons (Fsp3) is 0.417. The highest BCUT2D eigenvalue weighted by Gasteiger charge is 2.16. The van der Waals surface area contributed by atoms with Crippen LogP contribution in [0.5, 0.6) is 11.5 Å². The minimum atomic E-state index is -0.859. The SMILES string of the molecule is COc1c(CCC(=O)O)cc(Cl)c(C)c1OC. The van der Waals surface area contributed by atoms with Crippen molar-refractivity contribution in [1.29, 1.82) is 0 Å². The molecule has 0 aliphatic rings. The van der Waals surface area contributed by atoms with Crippen molar-refractivity contribution in [3.8, 4) is 11.5 Å². The summed E-state index contributed by atoms with van der Waals surface area (Å²) in [5.74, 6) is 0.249. The number of methoxy groups -OCH3 is 2. The van der Waals surface area contributed by atoms with E-state index in [0.29, 0.717) is 22.9 Å². The molecule has 1 rings (SSSR count). The van der Waals surface area contributed by atoms with Gasteiger partial charge in [0.05, 0.1) is 14.2 Å². The van der Waals surface area contributed by atoms with Gasteiger partial charge in [0.25, 0.3) is 0 Å². The number of carbonyl (C=O) groups is 1. The predicted molar refractivity (Wildman–Crippen MR) is 65.2 cm³/mol. The molecule has 1 aromatic rings. The van der Waals surface area contributed by atoms with Crippen LogP contribution in [0.1, 0.15) is 17.5 Å². The Kier molecular flexibility index (Phi) is 4.63. The third kappa shape index (κ3) is 3.03. The average Bonchev–Trinajstić information content (AvgIpc) is 2.29. The Hall–Kier alpha value is -1.42. The Labute approximate surface area is 105 Å². The fourth-order valence-electron chi connectivity index (χ4n) is 1.65. The topological polar surface area (TPSA) is 55.8 Å². The quantitative estimate of drug-likeness (QED) is 0.882. The van der Waals surface area contributed by atoms with Gasteiger partial charge in [-0.25, -0.2) is 0 Å². The molecule has 94 valence electrons. The van der Waals surface area contributed by atoms with Crippen LogP contribution in [0, 0.1) is 6.92 Å². The van der Waals surface area contributed by atoms with Gasteiger partial charge in [-0.2, -0.15) is 0 Å². The van der Waals surface area contributed by atoms with Gasteiger partial charge in [-0.15, -0.1) is 0 Å². The first-order valence-electron chi connectivity index (χ1n) is 5.13. The molecule has 4 nitrogen and oxygen atoms in total. The molecular formula is C12H15ClO4. The minimum absolute atomic E-state index is 0.0267. The zero-order chi connectivity index (χ0) is 13.0. The average molecular weight is 259 g/mol. The van der Waals surface area contributed by atoms with E-state index in [-0.39, 0.29) is 6.42 Å². The van der Waals surface area contributed by atoms with Crippen molar-refractivity contribution in [2.24, 2.45) is 0 Å². The lowest BCUT2D eigenvalue weighted by Crippen LogP contribution is -2.02. The van der Waals surface area contributed by atoms with E-state index in [1.54, 1.807) is 6.07 Å². The first-order chi connectivity index (χ1) is 8.01. The van der Waals surface area contributed by atoms with E-state index in [9.17, 15) is 4.79 Å². The van der Waals surface area contributed by atoms with Gasteiger partial charge in [-0.1, -0.05) is 11.6 Å². The first-order valence-corrected chi connectivity index (χ1v) is 5.50. The summed E-state index contributed by atoms with van der Waals surface area (Å²) in [7, 11) is 3.05. The second-order valence-electron chi connectivity index (χ2n) is 3.60. The zero-order valence-corrected chi connectivity index (χ0v) is 10.8. The molecule has 0 aliphatic heterocycles. The maximum absolute atomic E-state index is 10.6. The van der Waals surface area contributed by atoms with Gasteiger partial charge >= 0.3 is 5.97 Å². The summed E-state index contributed by atoms with van der Waals surface area (Å²) in [6.07, 6.45) is 0.383. The van der Waals surface area contributed by atoms with Crippen molar-refractivity contribution in [3.05, 3.63) is 22.2 Å². The molecule has 0 aromatic heterocycles.